The third kappa shape index (κ3) is 2.66. The highest BCUT2D eigenvalue weighted by Gasteiger charge is 2.32. The van der Waals surface area contributed by atoms with E-state index >= 15 is 0 Å². The highest BCUT2D eigenvalue weighted by atomic mass is 32.2. The molecular formula is C10H10F3N3S. The zero-order valence-corrected chi connectivity index (χ0v) is 9.79. The van der Waals surface area contributed by atoms with E-state index in [0.717, 1.165) is 0 Å². The minimum atomic E-state index is -4.30. The van der Waals surface area contributed by atoms with E-state index in [4.69, 9.17) is 0 Å². The summed E-state index contributed by atoms with van der Waals surface area (Å²) in [6.07, 6.45) is 4.64. The highest BCUT2D eigenvalue weighted by molar-refractivity contribution is 8.00. The van der Waals surface area contributed by atoms with Crippen LogP contribution in [0, 0.1) is 0 Å². The maximum Gasteiger partial charge on any atom is 0.446 e. The minimum absolute atomic E-state index is 0.107. The van der Waals surface area contributed by atoms with Gasteiger partial charge in [0, 0.05) is 18.9 Å². The van der Waals surface area contributed by atoms with Crippen LogP contribution in [0.2, 0.25) is 0 Å². The highest BCUT2D eigenvalue weighted by Crippen LogP contribution is 2.39. The van der Waals surface area contributed by atoms with Crippen molar-refractivity contribution in [2.24, 2.45) is 0 Å². The smallest absolute Gasteiger partial charge is 0.308 e. The molecule has 0 saturated heterocycles. The number of halogens is 3. The fourth-order valence-corrected chi connectivity index (χ4v) is 2.18. The number of thioether (sulfide) groups is 1. The van der Waals surface area contributed by atoms with E-state index in [0.29, 0.717) is 12.4 Å². The van der Waals surface area contributed by atoms with Gasteiger partial charge in [-0.1, -0.05) is 0 Å². The third-order valence-electron chi connectivity index (χ3n) is 2.15. The maximum atomic E-state index is 12.4. The van der Waals surface area contributed by atoms with Gasteiger partial charge in [-0.15, -0.1) is 0 Å². The second-order valence-electron chi connectivity index (χ2n) is 3.29. The normalized spacial score (nSPS) is 12.0. The Bertz CT molecular complexity index is 487. The van der Waals surface area contributed by atoms with Crippen molar-refractivity contribution in [3.63, 3.8) is 0 Å². The van der Waals surface area contributed by atoms with Crippen LogP contribution in [0.5, 0.6) is 0 Å². The first kappa shape index (κ1) is 12.1. The van der Waals surface area contributed by atoms with Gasteiger partial charge in [-0.05, 0) is 30.8 Å². The van der Waals surface area contributed by atoms with Crippen LogP contribution in [0.4, 0.5) is 13.2 Å². The minimum Gasteiger partial charge on any atom is -0.308 e. The van der Waals surface area contributed by atoms with Gasteiger partial charge in [-0.3, -0.25) is 0 Å². The van der Waals surface area contributed by atoms with Crippen molar-refractivity contribution < 1.29 is 13.2 Å². The number of aromatic nitrogens is 3. The number of aryl methyl sites for hydroxylation is 1. The molecule has 0 bridgehead atoms. The molecule has 0 atom stereocenters. The van der Waals surface area contributed by atoms with E-state index in [1.807, 2.05) is 6.92 Å². The molecule has 17 heavy (non-hydrogen) atoms. The first-order chi connectivity index (χ1) is 8.01. The number of rotatable bonds is 3. The first-order valence-corrected chi connectivity index (χ1v) is 5.78. The van der Waals surface area contributed by atoms with Crippen molar-refractivity contribution in [2.45, 2.75) is 23.9 Å². The first-order valence-electron chi connectivity index (χ1n) is 4.96. The predicted molar refractivity (Wildman–Crippen MR) is 59.1 cm³/mol. The summed E-state index contributed by atoms with van der Waals surface area (Å²) < 4.78 is 40.3. The van der Waals surface area contributed by atoms with Crippen molar-refractivity contribution in [1.29, 1.82) is 0 Å². The van der Waals surface area contributed by atoms with Gasteiger partial charge in [0.15, 0.2) is 0 Å². The quantitative estimate of drug-likeness (QED) is 0.791. The molecule has 2 rings (SSSR count). The van der Waals surface area contributed by atoms with E-state index in [1.165, 1.54) is 10.9 Å². The molecule has 0 radical (unpaired) electrons. The van der Waals surface area contributed by atoms with Gasteiger partial charge in [0.05, 0.1) is 11.1 Å². The molecule has 0 unspecified atom stereocenters. The topological polar surface area (TPSA) is 22.8 Å². The molecule has 0 aromatic carbocycles. The summed E-state index contributed by atoms with van der Waals surface area (Å²) in [5, 5.41) is 3.95. The molecule has 3 nitrogen and oxygen atoms in total. The molecule has 2 heterocycles. The van der Waals surface area contributed by atoms with E-state index in [2.05, 4.69) is 5.10 Å². The van der Waals surface area contributed by atoms with Gasteiger partial charge < -0.3 is 4.57 Å². The Morgan fingerprint density at radius 1 is 1.29 bits per heavy atom. The van der Waals surface area contributed by atoms with Gasteiger partial charge in [0.25, 0.3) is 0 Å². The Kier molecular flexibility index (Phi) is 3.19. The summed E-state index contributed by atoms with van der Waals surface area (Å²) in [5.74, 6) is 0.444. The van der Waals surface area contributed by atoms with Crippen molar-refractivity contribution in [2.75, 3.05) is 0 Å². The van der Waals surface area contributed by atoms with Crippen LogP contribution >= 0.6 is 11.8 Å². The van der Waals surface area contributed by atoms with Crippen molar-refractivity contribution in [1.82, 2.24) is 14.3 Å². The molecule has 0 aliphatic heterocycles. The van der Waals surface area contributed by atoms with Gasteiger partial charge in [0.2, 0.25) is 0 Å². The molecule has 0 spiro atoms. The lowest BCUT2D eigenvalue weighted by atomic mass is 10.6. The molecule has 7 heteroatoms. The van der Waals surface area contributed by atoms with Gasteiger partial charge >= 0.3 is 5.51 Å². The number of alkyl halides is 3. The lowest BCUT2D eigenvalue weighted by Crippen LogP contribution is -2.06. The SMILES string of the molecule is CCn1ncc(SC(F)(F)F)c1-n1cccc1. The zero-order chi connectivity index (χ0) is 12.5. The Balaban J connectivity index is 2.44. The predicted octanol–water partition coefficient (Wildman–Crippen LogP) is 3.31. The average molecular weight is 261 g/mol. The fourth-order valence-electron chi connectivity index (χ4n) is 1.53. The van der Waals surface area contributed by atoms with Gasteiger partial charge in [-0.25, -0.2) is 4.68 Å². The van der Waals surface area contributed by atoms with E-state index in [1.54, 1.807) is 29.1 Å². The zero-order valence-electron chi connectivity index (χ0n) is 8.98. The lowest BCUT2D eigenvalue weighted by Gasteiger charge is -2.10. The average Bonchev–Trinajstić information content (AvgIpc) is 2.82. The second kappa shape index (κ2) is 4.48. The van der Waals surface area contributed by atoms with Crippen LogP contribution in [0.25, 0.3) is 5.82 Å². The van der Waals surface area contributed by atoms with Crippen LogP contribution in [0.15, 0.2) is 35.6 Å². The molecule has 0 fully saturated rings. The number of nitrogens with zero attached hydrogens (tertiary/aromatic N) is 3. The molecule has 0 aliphatic rings. The summed E-state index contributed by atoms with van der Waals surface area (Å²) in [7, 11) is 0. The summed E-state index contributed by atoms with van der Waals surface area (Å²) in [5.41, 5.74) is -4.30. The Morgan fingerprint density at radius 3 is 2.47 bits per heavy atom. The molecule has 0 saturated carbocycles. The Hall–Kier alpha value is -1.37. The van der Waals surface area contributed by atoms with Gasteiger partial charge in [0.1, 0.15) is 5.82 Å². The van der Waals surface area contributed by atoms with Crippen LogP contribution < -0.4 is 0 Å². The fraction of sp³-hybridized carbons (Fsp3) is 0.300. The largest absolute Gasteiger partial charge is 0.446 e. The maximum absolute atomic E-state index is 12.4. The summed E-state index contributed by atoms with van der Waals surface area (Å²) in [6.45, 7) is 2.36. The van der Waals surface area contributed by atoms with E-state index < -0.39 is 5.51 Å². The van der Waals surface area contributed by atoms with Crippen molar-refractivity contribution >= 4 is 11.8 Å². The van der Waals surface area contributed by atoms with E-state index in [9.17, 15) is 13.2 Å². The molecule has 0 amide bonds. The second-order valence-corrected chi connectivity index (χ2v) is 4.39. The molecule has 2 aromatic heterocycles. The van der Waals surface area contributed by atoms with Crippen molar-refractivity contribution in [3.05, 3.63) is 30.7 Å². The Morgan fingerprint density at radius 2 is 1.94 bits per heavy atom. The molecule has 2 aromatic rings. The van der Waals surface area contributed by atoms with Crippen LogP contribution in [-0.2, 0) is 6.54 Å². The summed E-state index contributed by atoms with van der Waals surface area (Å²) in [6, 6.07) is 3.52. The lowest BCUT2D eigenvalue weighted by molar-refractivity contribution is -0.0328. The Labute approximate surface area is 100 Å². The van der Waals surface area contributed by atoms with Crippen LogP contribution in [0.3, 0.4) is 0 Å². The van der Waals surface area contributed by atoms with Crippen LogP contribution in [-0.4, -0.2) is 19.9 Å². The van der Waals surface area contributed by atoms with Gasteiger partial charge in [-0.2, -0.15) is 18.3 Å². The van der Waals surface area contributed by atoms with Crippen LogP contribution in [0.1, 0.15) is 6.92 Å². The van der Waals surface area contributed by atoms with E-state index in [-0.39, 0.29) is 16.7 Å². The van der Waals surface area contributed by atoms with Crippen molar-refractivity contribution in [3.8, 4) is 5.82 Å². The summed E-state index contributed by atoms with van der Waals surface area (Å²) in [4.78, 5) is 0.107. The molecule has 92 valence electrons. The number of hydrogen-bond donors (Lipinski definition) is 0. The molecule has 0 aliphatic carbocycles. The summed E-state index contributed by atoms with van der Waals surface area (Å²) >= 11 is -0.142. The standard InChI is InChI=1S/C10H10F3N3S/c1-2-16-9(15-5-3-4-6-15)8(7-14-16)17-10(11,12)13/h3-7H,2H2,1H3. The molecular weight excluding hydrogens is 251 g/mol. The third-order valence-corrected chi connectivity index (χ3v) is 2.89. The number of hydrogen-bond acceptors (Lipinski definition) is 2. The molecule has 0 N–H and O–H groups in total. The monoisotopic (exact) mass is 261 g/mol.